The summed E-state index contributed by atoms with van der Waals surface area (Å²) in [7, 11) is 1.57. The Balaban J connectivity index is 1.27. The summed E-state index contributed by atoms with van der Waals surface area (Å²) in [5.41, 5.74) is 1.47. The van der Waals surface area contributed by atoms with Crippen molar-refractivity contribution >= 4 is 23.4 Å². The lowest BCUT2D eigenvalue weighted by molar-refractivity contribution is -0.132. The number of methoxy groups -OCH3 is 1. The van der Waals surface area contributed by atoms with Crippen LogP contribution in [0, 0.1) is 0 Å². The summed E-state index contributed by atoms with van der Waals surface area (Å²) in [5.74, 6) is 1.80. The molecule has 0 unspecified atom stereocenters. The fourth-order valence-corrected chi connectivity index (χ4v) is 3.77. The Labute approximate surface area is 191 Å². The van der Waals surface area contributed by atoms with Gasteiger partial charge in [-0.25, -0.2) is 4.98 Å². The zero-order valence-electron chi connectivity index (χ0n) is 17.8. The van der Waals surface area contributed by atoms with Gasteiger partial charge in [-0.2, -0.15) is 0 Å². The molecule has 7 nitrogen and oxygen atoms in total. The van der Waals surface area contributed by atoms with Crippen LogP contribution in [0.1, 0.15) is 22.7 Å². The molecule has 0 bridgehead atoms. The third kappa shape index (κ3) is 5.11. The summed E-state index contributed by atoms with van der Waals surface area (Å²) in [6.45, 7) is 2.02. The molecule has 0 spiro atoms. The van der Waals surface area contributed by atoms with Gasteiger partial charge in [0.1, 0.15) is 5.75 Å². The number of hydrogen-bond acceptors (Lipinski definition) is 5. The number of amides is 2. The van der Waals surface area contributed by atoms with Crippen LogP contribution >= 0.6 is 11.6 Å². The normalized spacial score (nSPS) is 13.8. The standard InChI is InChI=1S/C24H24ClN3O4/c1-31-20-4-2-3-18(15-20)24(30)28-13-11-27(12-14-28)23(29)10-9-22-26-16-21(32-22)17-5-7-19(25)8-6-17/h2-8,15-16H,9-14H2,1H3. The third-order valence-electron chi connectivity index (χ3n) is 5.47. The largest absolute Gasteiger partial charge is 0.497 e. The van der Waals surface area contributed by atoms with Crippen LogP contribution in [0.25, 0.3) is 11.3 Å². The number of aromatic nitrogens is 1. The van der Waals surface area contributed by atoms with E-state index in [0.717, 1.165) is 5.56 Å². The van der Waals surface area contributed by atoms with E-state index >= 15 is 0 Å². The lowest BCUT2D eigenvalue weighted by Gasteiger charge is -2.34. The van der Waals surface area contributed by atoms with Gasteiger partial charge in [0.05, 0.1) is 13.3 Å². The van der Waals surface area contributed by atoms with Crippen LogP contribution in [-0.2, 0) is 11.2 Å². The van der Waals surface area contributed by atoms with Gasteiger partial charge < -0.3 is 19.0 Å². The summed E-state index contributed by atoms with van der Waals surface area (Å²) >= 11 is 5.92. The maximum absolute atomic E-state index is 12.7. The van der Waals surface area contributed by atoms with Crippen LogP contribution in [0.4, 0.5) is 0 Å². The molecule has 1 aliphatic heterocycles. The summed E-state index contributed by atoms with van der Waals surface area (Å²) in [4.78, 5) is 33.2. The van der Waals surface area contributed by atoms with E-state index < -0.39 is 0 Å². The Hall–Kier alpha value is -3.32. The predicted molar refractivity (Wildman–Crippen MR) is 121 cm³/mol. The highest BCUT2D eigenvalue weighted by atomic mass is 35.5. The fourth-order valence-electron chi connectivity index (χ4n) is 3.64. The first kappa shape index (κ1) is 21.9. The molecule has 0 saturated carbocycles. The highest BCUT2D eigenvalue weighted by molar-refractivity contribution is 6.30. The molecule has 2 heterocycles. The van der Waals surface area contributed by atoms with Crippen molar-refractivity contribution in [3.8, 4) is 17.1 Å². The molecule has 1 aliphatic rings. The molecule has 0 aliphatic carbocycles. The summed E-state index contributed by atoms with van der Waals surface area (Å²) in [6.07, 6.45) is 2.39. The van der Waals surface area contributed by atoms with Crippen molar-refractivity contribution in [2.75, 3.05) is 33.3 Å². The quantitative estimate of drug-likeness (QED) is 0.565. The minimum atomic E-state index is -0.0505. The van der Waals surface area contributed by atoms with E-state index in [2.05, 4.69) is 4.98 Å². The zero-order valence-corrected chi connectivity index (χ0v) is 18.5. The monoisotopic (exact) mass is 453 g/mol. The number of piperazine rings is 1. The molecule has 8 heteroatoms. The average Bonchev–Trinajstić information content (AvgIpc) is 3.31. The number of aryl methyl sites for hydroxylation is 1. The molecule has 1 fully saturated rings. The summed E-state index contributed by atoms with van der Waals surface area (Å²) in [6, 6.07) is 14.4. The molecule has 0 N–H and O–H groups in total. The minimum Gasteiger partial charge on any atom is -0.497 e. The molecule has 1 saturated heterocycles. The third-order valence-corrected chi connectivity index (χ3v) is 5.72. The average molecular weight is 454 g/mol. The van der Waals surface area contributed by atoms with Gasteiger partial charge in [0.2, 0.25) is 5.91 Å². The van der Waals surface area contributed by atoms with Crippen LogP contribution in [0.3, 0.4) is 0 Å². The van der Waals surface area contributed by atoms with Crippen molar-refractivity contribution in [3.63, 3.8) is 0 Å². The lowest BCUT2D eigenvalue weighted by atomic mass is 10.1. The van der Waals surface area contributed by atoms with Crippen LogP contribution in [0.2, 0.25) is 5.02 Å². The van der Waals surface area contributed by atoms with Crippen molar-refractivity contribution in [3.05, 3.63) is 71.2 Å². The summed E-state index contributed by atoms with van der Waals surface area (Å²) in [5, 5.41) is 0.657. The molecule has 32 heavy (non-hydrogen) atoms. The fraction of sp³-hybridized carbons (Fsp3) is 0.292. The number of nitrogens with zero attached hydrogens (tertiary/aromatic N) is 3. The maximum atomic E-state index is 12.7. The highest BCUT2D eigenvalue weighted by Gasteiger charge is 2.25. The number of carbonyl (C=O) groups is 2. The van der Waals surface area contributed by atoms with Gasteiger partial charge in [-0.3, -0.25) is 9.59 Å². The second kappa shape index (κ2) is 9.87. The van der Waals surface area contributed by atoms with Gasteiger partial charge in [-0.1, -0.05) is 17.7 Å². The molecule has 0 atom stereocenters. The summed E-state index contributed by atoms with van der Waals surface area (Å²) < 4.78 is 11.0. The van der Waals surface area contributed by atoms with E-state index in [0.29, 0.717) is 67.0 Å². The number of hydrogen-bond donors (Lipinski definition) is 0. The molecule has 1 aromatic heterocycles. The van der Waals surface area contributed by atoms with Crippen LogP contribution in [-0.4, -0.2) is 59.9 Å². The maximum Gasteiger partial charge on any atom is 0.254 e. The SMILES string of the molecule is COc1cccc(C(=O)N2CCN(C(=O)CCc3ncc(-c4ccc(Cl)cc4)o3)CC2)c1. The van der Waals surface area contributed by atoms with Crippen LogP contribution in [0.15, 0.2) is 59.1 Å². The minimum absolute atomic E-state index is 0.0322. The predicted octanol–water partition coefficient (Wildman–Crippen LogP) is 3.92. The van der Waals surface area contributed by atoms with E-state index in [1.165, 1.54) is 0 Å². The van der Waals surface area contributed by atoms with E-state index in [9.17, 15) is 9.59 Å². The molecule has 0 radical (unpaired) electrons. The second-order valence-corrected chi connectivity index (χ2v) is 7.97. The Morgan fingerprint density at radius 3 is 2.50 bits per heavy atom. The van der Waals surface area contributed by atoms with E-state index in [1.807, 2.05) is 12.1 Å². The van der Waals surface area contributed by atoms with E-state index in [4.69, 9.17) is 20.8 Å². The first-order valence-electron chi connectivity index (χ1n) is 10.5. The molecule has 2 aromatic carbocycles. The van der Waals surface area contributed by atoms with E-state index in [1.54, 1.807) is 59.5 Å². The number of oxazole rings is 1. The lowest BCUT2D eigenvalue weighted by Crippen LogP contribution is -2.50. The number of rotatable bonds is 6. The van der Waals surface area contributed by atoms with Crippen molar-refractivity contribution in [2.45, 2.75) is 12.8 Å². The van der Waals surface area contributed by atoms with Crippen molar-refractivity contribution in [2.24, 2.45) is 0 Å². The smallest absolute Gasteiger partial charge is 0.254 e. The second-order valence-electron chi connectivity index (χ2n) is 7.53. The number of halogens is 1. The topological polar surface area (TPSA) is 75.9 Å². The van der Waals surface area contributed by atoms with Gasteiger partial charge in [-0.05, 0) is 42.5 Å². The van der Waals surface area contributed by atoms with Crippen molar-refractivity contribution in [1.29, 1.82) is 0 Å². The van der Waals surface area contributed by atoms with Crippen LogP contribution in [0.5, 0.6) is 5.75 Å². The zero-order chi connectivity index (χ0) is 22.5. The van der Waals surface area contributed by atoms with E-state index in [-0.39, 0.29) is 11.8 Å². The first-order chi connectivity index (χ1) is 15.5. The highest BCUT2D eigenvalue weighted by Crippen LogP contribution is 2.23. The van der Waals surface area contributed by atoms with Crippen molar-refractivity contribution < 1.29 is 18.7 Å². The van der Waals surface area contributed by atoms with Gasteiger partial charge in [-0.15, -0.1) is 0 Å². The molecular formula is C24H24ClN3O4. The van der Waals surface area contributed by atoms with Gasteiger partial charge in [0, 0.05) is 55.2 Å². The molecule has 3 aromatic rings. The van der Waals surface area contributed by atoms with Gasteiger partial charge in [0.25, 0.3) is 5.91 Å². The Morgan fingerprint density at radius 1 is 1.06 bits per heavy atom. The Morgan fingerprint density at radius 2 is 1.78 bits per heavy atom. The van der Waals surface area contributed by atoms with Gasteiger partial charge >= 0.3 is 0 Å². The van der Waals surface area contributed by atoms with Crippen molar-refractivity contribution in [1.82, 2.24) is 14.8 Å². The first-order valence-corrected chi connectivity index (χ1v) is 10.8. The Kier molecular flexibility index (Phi) is 6.75. The molecule has 4 rings (SSSR count). The molecule has 2 amide bonds. The molecule has 166 valence electrons. The number of ether oxygens (including phenoxy) is 1. The molecular weight excluding hydrogens is 430 g/mol. The van der Waals surface area contributed by atoms with Crippen LogP contribution < -0.4 is 4.74 Å². The number of carbonyl (C=O) groups excluding carboxylic acids is 2. The van der Waals surface area contributed by atoms with Gasteiger partial charge in [0.15, 0.2) is 11.7 Å². The number of benzene rings is 2. The Bertz CT molecular complexity index is 1090.